The van der Waals surface area contributed by atoms with Crippen LogP contribution in [0.1, 0.15) is 11.3 Å². The molecule has 4 rings (SSSR count). The van der Waals surface area contributed by atoms with Crippen molar-refractivity contribution in [2.45, 2.75) is 12.8 Å². The number of hydrogen-bond donors (Lipinski definition) is 1. The average molecular weight is 382 g/mol. The van der Waals surface area contributed by atoms with Crippen molar-refractivity contribution < 1.29 is 0 Å². The highest BCUT2D eigenvalue weighted by Gasteiger charge is 2.18. The lowest BCUT2D eigenvalue weighted by atomic mass is 9.92. The van der Waals surface area contributed by atoms with E-state index in [2.05, 4.69) is 35.6 Å². The van der Waals surface area contributed by atoms with Gasteiger partial charge < -0.3 is 5.32 Å². The Morgan fingerprint density at radius 3 is 2.46 bits per heavy atom. The van der Waals surface area contributed by atoms with Gasteiger partial charge in [-0.05, 0) is 47.9 Å². The van der Waals surface area contributed by atoms with Crippen molar-refractivity contribution in [2.24, 2.45) is 0 Å². The quantitative estimate of drug-likeness (QED) is 0.635. The molecule has 1 aromatic heterocycles. The molecule has 1 N–H and O–H groups in total. The Morgan fingerprint density at radius 2 is 1.67 bits per heavy atom. The fourth-order valence-electron chi connectivity index (χ4n) is 3.28. The molecule has 2 aromatic carbocycles. The highest BCUT2D eigenvalue weighted by molar-refractivity contribution is 6.31. The fourth-order valence-corrected chi connectivity index (χ4v) is 3.45. The second kappa shape index (κ2) is 8.17. The molecule has 2 nitrogen and oxygen atoms in total. The first-order valence-electron chi connectivity index (χ1n) is 7.70. The van der Waals surface area contributed by atoms with Gasteiger partial charge in [0.25, 0.3) is 0 Å². The first-order valence-corrected chi connectivity index (χ1v) is 8.08. The SMILES string of the molecule is Cl.Cl.Clc1ccc2nc3c(c(-c4ccccc4)c2c1)CCNCC3. The summed E-state index contributed by atoms with van der Waals surface area (Å²) < 4.78 is 0. The highest BCUT2D eigenvalue weighted by Crippen LogP contribution is 2.35. The van der Waals surface area contributed by atoms with E-state index < -0.39 is 0 Å². The van der Waals surface area contributed by atoms with Crippen molar-refractivity contribution in [1.29, 1.82) is 0 Å². The van der Waals surface area contributed by atoms with Crippen LogP contribution in [-0.2, 0) is 12.8 Å². The highest BCUT2D eigenvalue weighted by atomic mass is 35.5. The summed E-state index contributed by atoms with van der Waals surface area (Å²) in [6.45, 7) is 1.99. The monoisotopic (exact) mass is 380 g/mol. The van der Waals surface area contributed by atoms with Crippen LogP contribution in [0.5, 0.6) is 0 Å². The van der Waals surface area contributed by atoms with Crippen LogP contribution in [0.4, 0.5) is 0 Å². The minimum Gasteiger partial charge on any atom is -0.316 e. The van der Waals surface area contributed by atoms with Gasteiger partial charge in [0, 0.05) is 29.1 Å². The summed E-state index contributed by atoms with van der Waals surface area (Å²) in [6.07, 6.45) is 1.99. The number of pyridine rings is 1. The molecule has 0 aliphatic carbocycles. The largest absolute Gasteiger partial charge is 0.316 e. The summed E-state index contributed by atoms with van der Waals surface area (Å²) in [5.74, 6) is 0. The van der Waals surface area contributed by atoms with Gasteiger partial charge in [-0.2, -0.15) is 0 Å². The Kier molecular flexibility index (Phi) is 6.47. The molecule has 0 unspecified atom stereocenters. The second-order valence-corrected chi connectivity index (χ2v) is 6.13. The summed E-state index contributed by atoms with van der Waals surface area (Å²) in [5.41, 5.74) is 6.16. The van der Waals surface area contributed by atoms with Crippen molar-refractivity contribution in [3.63, 3.8) is 0 Å². The Hall–Kier alpha value is -1.32. The van der Waals surface area contributed by atoms with Crippen molar-refractivity contribution >= 4 is 47.3 Å². The van der Waals surface area contributed by atoms with Gasteiger partial charge in [-0.1, -0.05) is 41.9 Å². The number of fused-ring (bicyclic) bond motifs is 2. The van der Waals surface area contributed by atoms with Crippen LogP contribution in [-0.4, -0.2) is 18.1 Å². The Balaban J connectivity index is 0.00000104. The molecule has 24 heavy (non-hydrogen) atoms. The lowest BCUT2D eigenvalue weighted by Gasteiger charge is -2.16. The molecule has 0 fully saturated rings. The Labute approximate surface area is 159 Å². The first-order chi connectivity index (χ1) is 10.8. The van der Waals surface area contributed by atoms with Gasteiger partial charge >= 0.3 is 0 Å². The summed E-state index contributed by atoms with van der Waals surface area (Å²) in [6, 6.07) is 16.6. The van der Waals surface area contributed by atoms with Gasteiger partial charge in [0.2, 0.25) is 0 Å². The number of halogens is 3. The molecule has 0 atom stereocenters. The molecule has 0 radical (unpaired) electrons. The Morgan fingerprint density at radius 1 is 0.917 bits per heavy atom. The summed E-state index contributed by atoms with van der Waals surface area (Å²) >= 11 is 6.25. The molecule has 0 spiro atoms. The van der Waals surface area contributed by atoms with E-state index in [0.29, 0.717) is 0 Å². The molecular formula is C19H19Cl3N2. The maximum Gasteiger partial charge on any atom is 0.0712 e. The number of hydrogen-bond acceptors (Lipinski definition) is 2. The van der Waals surface area contributed by atoms with Crippen LogP contribution in [0.25, 0.3) is 22.0 Å². The molecule has 0 saturated heterocycles. The summed E-state index contributed by atoms with van der Waals surface area (Å²) in [7, 11) is 0. The van der Waals surface area contributed by atoms with Gasteiger partial charge in [-0.15, -0.1) is 24.8 Å². The standard InChI is InChI=1S/C19H17ClN2.2ClH/c20-14-6-7-17-16(12-14)19(13-4-2-1-3-5-13)15-8-10-21-11-9-18(15)22-17;;/h1-7,12,21H,8-11H2;2*1H. The van der Waals surface area contributed by atoms with Crippen molar-refractivity contribution in [3.05, 3.63) is 64.8 Å². The molecule has 0 bridgehead atoms. The smallest absolute Gasteiger partial charge is 0.0712 e. The minimum atomic E-state index is 0. The molecule has 0 amide bonds. The lowest BCUT2D eigenvalue weighted by molar-refractivity contribution is 0.709. The van der Waals surface area contributed by atoms with E-state index >= 15 is 0 Å². The number of benzene rings is 2. The van der Waals surface area contributed by atoms with E-state index in [-0.39, 0.29) is 24.8 Å². The predicted octanol–water partition coefficient (Wildman–Crippen LogP) is 5.09. The number of rotatable bonds is 1. The van der Waals surface area contributed by atoms with E-state index in [4.69, 9.17) is 16.6 Å². The second-order valence-electron chi connectivity index (χ2n) is 5.69. The maximum atomic E-state index is 6.25. The molecule has 3 aromatic rings. The zero-order valence-corrected chi connectivity index (χ0v) is 15.5. The molecule has 1 aliphatic heterocycles. The fraction of sp³-hybridized carbons (Fsp3) is 0.211. The number of aromatic nitrogens is 1. The van der Waals surface area contributed by atoms with Crippen molar-refractivity contribution in [3.8, 4) is 11.1 Å². The normalized spacial score (nSPS) is 13.4. The Bertz CT molecular complexity index is 835. The molecule has 126 valence electrons. The zero-order chi connectivity index (χ0) is 14.9. The van der Waals surface area contributed by atoms with E-state index in [1.54, 1.807) is 0 Å². The van der Waals surface area contributed by atoms with Crippen LogP contribution >= 0.6 is 36.4 Å². The third-order valence-electron chi connectivity index (χ3n) is 4.29. The van der Waals surface area contributed by atoms with Crippen molar-refractivity contribution in [2.75, 3.05) is 13.1 Å². The van der Waals surface area contributed by atoms with Crippen molar-refractivity contribution in [1.82, 2.24) is 10.3 Å². The number of nitrogens with one attached hydrogen (secondary N) is 1. The van der Waals surface area contributed by atoms with Crippen LogP contribution in [0.3, 0.4) is 0 Å². The van der Waals surface area contributed by atoms with Crippen LogP contribution in [0, 0.1) is 0 Å². The molecule has 5 heteroatoms. The number of nitrogens with zero attached hydrogens (tertiary/aromatic N) is 1. The van der Waals surface area contributed by atoms with Crippen LogP contribution in [0.15, 0.2) is 48.5 Å². The topological polar surface area (TPSA) is 24.9 Å². The van der Waals surface area contributed by atoms with Gasteiger partial charge in [-0.3, -0.25) is 4.98 Å². The van der Waals surface area contributed by atoms with E-state index in [1.807, 2.05) is 18.2 Å². The summed E-state index contributed by atoms with van der Waals surface area (Å²) in [4.78, 5) is 4.90. The van der Waals surface area contributed by atoms with Gasteiger partial charge in [0.15, 0.2) is 0 Å². The third-order valence-corrected chi connectivity index (χ3v) is 4.52. The molecule has 2 heterocycles. The lowest BCUT2D eigenvalue weighted by Crippen LogP contribution is -2.16. The third kappa shape index (κ3) is 3.52. The van der Waals surface area contributed by atoms with Crippen LogP contribution in [0.2, 0.25) is 5.02 Å². The van der Waals surface area contributed by atoms with Gasteiger partial charge in [0.1, 0.15) is 0 Å². The van der Waals surface area contributed by atoms with E-state index in [0.717, 1.165) is 41.9 Å². The van der Waals surface area contributed by atoms with Crippen LogP contribution < -0.4 is 5.32 Å². The van der Waals surface area contributed by atoms with E-state index in [1.165, 1.54) is 22.4 Å². The average Bonchev–Trinajstić information content (AvgIpc) is 2.78. The van der Waals surface area contributed by atoms with Gasteiger partial charge in [-0.25, -0.2) is 0 Å². The molecule has 0 saturated carbocycles. The minimum absolute atomic E-state index is 0. The van der Waals surface area contributed by atoms with E-state index in [9.17, 15) is 0 Å². The first kappa shape index (κ1) is 19.0. The molecular weight excluding hydrogens is 363 g/mol. The summed E-state index contributed by atoms with van der Waals surface area (Å²) in [5, 5.41) is 5.39. The zero-order valence-electron chi connectivity index (χ0n) is 13.1. The van der Waals surface area contributed by atoms with Gasteiger partial charge in [0.05, 0.1) is 5.52 Å². The predicted molar refractivity (Wildman–Crippen MR) is 107 cm³/mol. The molecule has 1 aliphatic rings. The maximum absolute atomic E-state index is 6.25.